The van der Waals surface area contributed by atoms with E-state index >= 15 is 0 Å². The van der Waals surface area contributed by atoms with Crippen molar-refractivity contribution in [3.05, 3.63) is 0 Å². The first kappa shape index (κ1) is 71.1. The molecule has 0 aromatic heterocycles. The summed E-state index contributed by atoms with van der Waals surface area (Å²) in [6.45, 7) is 9.17. The van der Waals surface area contributed by atoms with Gasteiger partial charge in [-0.15, -0.1) is 0 Å². The lowest BCUT2D eigenvalue weighted by atomic mass is 10.00. The molecule has 0 aromatic carbocycles. The van der Waals surface area contributed by atoms with Crippen LogP contribution in [0.15, 0.2) is 0 Å². The second kappa shape index (κ2) is 47.3. The number of aliphatic hydroxyl groups is 1. The van der Waals surface area contributed by atoms with Crippen molar-refractivity contribution in [3.63, 3.8) is 0 Å². The van der Waals surface area contributed by atoms with Gasteiger partial charge in [-0.3, -0.25) is 37.3 Å². The molecular formula is C54H104O17P2. The Hall–Kier alpha value is -1.94. The summed E-state index contributed by atoms with van der Waals surface area (Å²) in [5.41, 5.74) is 0. The van der Waals surface area contributed by atoms with Crippen LogP contribution in [-0.2, 0) is 65.4 Å². The average Bonchev–Trinajstić information content (AvgIpc) is 3.35. The number of phosphoric acid groups is 2. The van der Waals surface area contributed by atoms with Crippen molar-refractivity contribution < 1.29 is 80.2 Å². The molecule has 19 heteroatoms. The zero-order chi connectivity index (χ0) is 54.4. The van der Waals surface area contributed by atoms with Gasteiger partial charge in [-0.2, -0.15) is 0 Å². The normalized spacial score (nSPS) is 15.0. The molecule has 6 atom stereocenters. The number of unbranched alkanes of at least 4 members (excludes halogenated alkanes) is 22. The second-order valence-corrected chi connectivity index (χ2v) is 23.2. The molecule has 0 aromatic rings. The van der Waals surface area contributed by atoms with Crippen molar-refractivity contribution in [1.29, 1.82) is 0 Å². The molecule has 0 fully saturated rings. The first-order chi connectivity index (χ1) is 34.9. The Morgan fingerprint density at radius 1 is 0.397 bits per heavy atom. The number of hydrogen-bond acceptors (Lipinski definition) is 15. The lowest BCUT2D eigenvalue weighted by Crippen LogP contribution is -2.30. The Balaban J connectivity index is 5.20. The van der Waals surface area contributed by atoms with Crippen molar-refractivity contribution in [2.75, 3.05) is 39.6 Å². The number of esters is 4. The Morgan fingerprint density at radius 3 is 1.04 bits per heavy atom. The highest BCUT2D eigenvalue weighted by atomic mass is 31.2. The van der Waals surface area contributed by atoms with E-state index in [1.54, 1.807) is 0 Å². The average molecular weight is 1090 g/mol. The predicted octanol–water partition coefficient (Wildman–Crippen LogP) is 13.7. The highest BCUT2D eigenvalue weighted by molar-refractivity contribution is 7.47. The molecule has 17 nitrogen and oxygen atoms in total. The Labute approximate surface area is 441 Å². The molecule has 0 aliphatic carbocycles. The molecule has 3 unspecified atom stereocenters. The molecular weight excluding hydrogens is 983 g/mol. The number of ether oxygens (including phenoxy) is 4. The van der Waals surface area contributed by atoms with Crippen LogP contribution >= 0.6 is 15.6 Å². The number of aliphatic hydroxyl groups excluding tert-OH is 1. The monoisotopic (exact) mass is 1090 g/mol. The van der Waals surface area contributed by atoms with Crippen molar-refractivity contribution >= 4 is 39.5 Å². The van der Waals surface area contributed by atoms with Crippen LogP contribution in [0.1, 0.15) is 253 Å². The van der Waals surface area contributed by atoms with Crippen LogP contribution in [0.5, 0.6) is 0 Å². The summed E-state index contributed by atoms with van der Waals surface area (Å²) in [7, 11) is -9.86. The van der Waals surface area contributed by atoms with E-state index in [1.807, 2.05) is 0 Å². The summed E-state index contributed by atoms with van der Waals surface area (Å²) in [4.78, 5) is 71.4. The van der Waals surface area contributed by atoms with Crippen molar-refractivity contribution in [2.45, 2.75) is 272 Å². The van der Waals surface area contributed by atoms with Gasteiger partial charge in [0.1, 0.15) is 19.3 Å². The van der Waals surface area contributed by atoms with E-state index in [9.17, 15) is 43.2 Å². The van der Waals surface area contributed by atoms with Gasteiger partial charge in [-0.25, -0.2) is 9.13 Å². The topological polar surface area (TPSA) is 237 Å². The zero-order valence-corrected chi connectivity index (χ0v) is 48.2. The third-order valence-electron chi connectivity index (χ3n) is 12.6. The van der Waals surface area contributed by atoms with Crippen LogP contribution in [0, 0.1) is 11.8 Å². The Morgan fingerprint density at radius 2 is 0.699 bits per heavy atom. The molecule has 0 aliphatic rings. The molecule has 0 saturated carbocycles. The van der Waals surface area contributed by atoms with E-state index in [2.05, 4.69) is 41.5 Å². The fourth-order valence-electron chi connectivity index (χ4n) is 7.73. The molecule has 0 rings (SSSR count). The van der Waals surface area contributed by atoms with Crippen LogP contribution < -0.4 is 0 Å². The smallest absolute Gasteiger partial charge is 0.462 e. The summed E-state index contributed by atoms with van der Waals surface area (Å²) in [5.74, 6) is -0.765. The predicted molar refractivity (Wildman–Crippen MR) is 285 cm³/mol. The summed E-state index contributed by atoms with van der Waals surface area (Å²) >= 11 is 0. The first-order valence-corrected chi connectivity index (χ1v) is 31.5. The van der Waals surface area contributed by atoms with Crippen LogP contribution in [-0.4, -0.2) is 96.7 Å². The van der Waals surface area contributed by atoms with Crippen LogP contribution in [0.4, 0.5) is 0 Å². The third kappa shape index (κ3) is 48.2. The van der Waals surface area contributed by atoms with Crippen molar-refractivity contribution in [1.82, 2.24) is 0 Å². The lowest BCUT2D eigenvalue weighted by molar-refractivity contribution is -0.161. The van der Waals surface area contributed by atoms with Crippen molar-refractivity contribution in [3.8, 4) is 0 Å². The molecule has 3 N–H and O–H groups in total. The third-order valence-corrected chi connectivity index (χ3v) is 14.5. The zero-order valence-electron chi connectivity index (χ0n) is 46.4. The minimum Gasteiger partial charge on any atom is -0.462 e. The van der Waals surface area contributed by atoms with Gasteiger partial charge in [0.25, 0.3) is 0 Å². The van der Waals surface area contributed by atoms with Crippen LogP contribution in [0.2, 0.25) is 0 Å². The summed E-state index contributed by atoms with van der Waals surface area (Å²) in [6.07, 6.45) is 25.8. The summed E-state index contributed by atoms with van der Waals surface area (Å²) < 4.78 is 67.3. The number of carbonyl (C=O) groups excluding carboxylic acids is 4. The molecule has 73 heavy (non-hydrogen) atoms. The van der Waals surface area contributed by atoms with E-state index in [-0.39, 0.29) is 25.7 Å². The van der Waals surface area contributed by atoms with E-state index in [1.165, 1.54) is 57.8 Å². The van der Waals surface area contributed by atoms with Crippen LogP contribution in [0.3, 0.4) is 0 Å². The van der Waals surface area contributed by atoms with Gasteiger partial charge < -0.3 is 33.8 Å². The van der Waals surface area contributed by atoms with Gasteiger partial charge >= 0.3 is 39.5 Å². The Kier molecular flexibility index (Phi) is 46.0. The largest absolute Gasteiger partial charge is 0.472 e. The van der Waals surface area contributed by atoms with E-state index in [4.69, 9.17) is 37.0 Å². The standard InChI is InChI=1S/C54H104O17P2/c1-7-10-12-14-15-16-17-26-32-38-53(58)70-49(42-64-51(56)36-30-22-13-11-8-2)44-68-72(60,61)66-40-48(55)41-67-73(62,63)69-45-50(43-65-52(57)37-31-25-20-18-23-28-34-46(4)5)71-54(59)39-33-27-21-19-24-29-35-47(6)9-3/h46-50,55H,7-45H2,1-6H3,(H,60,61)(H,62,63)/t47?,48-,49+,50+/m0/s1. The number of rotatable bonds is 53. The van der Waals surface area contributed by atoms with Gasteiger partial charge in [0.15, 0.2) is 12.2 Å². The van der Waals surface area contributed by atoms with Gasteiger partial charge in [-0.1, -0.05) is 202 Å². The molecule has 0 bridgehead atoms. The molecule has 0 saturated heterocycles. The van der Waals surface area contributed by atoms with Gasteiger partial charge in [0.2, 0.25) is 0 Å². The number of phosphoric ester groups is 2. The second-order valence-electron chi connectivity index (χ2n) is 20.3. The van der Waals surface area contributed by atoms with E-state index < -0.39 is 97.5 Å². The molecule has 0 radical (unpaired) electrons. The van der Waals surface area contributed by atoms with E-state index in [0.717, 1.165) is 109 Å². The lowest BCUT2D eigenvalue weighted by Gasteiger charge is -2.21. The maximum Gasteiger partial charge on any atom is 0.472 e. The molecule has 0 spiro atoms. The maximum absolute atomic E-state index is 12.9. The van der Waals surface area contributed by atoms with E-state index in [0.29, 0.717) is 31.6 Å². The summed E-state index contributed by atoms with van der Waals surface area (Å²) in [5, 5.41) is 10.4. The first-order valence-electron chi connectivity index (χ1n) is 28.5. The fourth-order valence-corrected chi connectivity index (χ4v) is 9.31. The van der Waals surface area contributed by atoms with Gasteiger partial charge in [0, 0.05) is 25.7 Å². The molecule has 0 amide bonds. The van der Waals surface area contributed by atoms with Gasteiger partial charge in [-0.05, 0) is 37.5 Å². The highest BCUT2D eigenvalue weighted by Gasteiger charge is 2.30. The minimum absolute atomic E-state index is 0.101. The van der Waals surface area contributed by atoms with Crippen LogP contribution in [0.25, 0.3) is 0 Å². The fraction of sp³-hybridized carbons (Fsp3) is 0.926. The highest BCUT2D eigenvalue weighted by Crippen LogP contribution is 2.45. The van der Waals surface area contributed by atoms with Crippen molar-refractivity contribution in [2.24, 2.45) is 11.8 Å². The molecule has 432 valence electrons. The molecule has 0 aliphatic heterocycles. The number of carbonyl (C=O) groups is 4. The number of hydrogen-bond donors (Lipinski definition) is 3. The van der Waals surface area contributed by atoms with Gasteiger partial charge in [0.05, 0.1) is 26.4 Å². The summed E-state index contributed by atoms with van der Waals surface area (Å²) in [6, 6.07) is 0. The maximum atomic E-state index is 12.9. The Bertz CT molecular complexity index is 1470. The quantitative estimate of drug-likeness (QED) is 0.0222. The minimum atomic E-state index is -4.93. The molecule has 0 heterocycles. The SMILES string of the molecule is CCCCCCCCCCCC(=O)O[C@H](COC(=O)CCCCCCC)COP(=O)(O)OC[C@H](O)COP(=O)(O)OC[C@@H](COC(=O)CCCCCCCCC(C)C)OC(=O)CCCCCCCCC(C)CC.